The van der Waals surface area contributed by atoms with Crippen molar-refractivity contribution < 1.29 is 31.7 Å². The number of carbonyl (C=O) groups excluding carboxylic acids is 1. The molecule has 1 aliphatic rings. The summed E-state index contributed by atoms with van der Waals surface area (Å²) in [5, 5.41) is 13.8. The van der Waals surface area contributed by atoms with Crippen LogP contribution in [0.1, 0.15) is 15.9 Å². The maximum absolute atomic E-state index is 14.1. The highest BCUT2D eigenvalue weighted by atomic mass is 19.2. The average molecular weight is 506 g/mol. The van der Waals surface area contributed by atoms with E-state index in [-0.39, 0.29) is 37.4 Å². The molecule has 1 N–H and O–H groups in total. The predicted octanol–water partition coefficient (Wildman–Crippen LogP) is 5.18. The van der Waals surface area contributed by atoms with E-state index in [1.54, 1.807) is 31.2 Å². The summed E-state index contributed by atoms with van der Waals surface area (Å²) in [6.45, 7) is 2.10. The molecule has 1 amide bonds. The van der Waals surface area contributed by atoms with Gasteiger partial charge in [-0.2, -0.15) is 0 Å². The van der Waals surface area contributed by atoms with Gasteiger partial charge in [0.2, 0.25) is 5.82 Å². The minimum absolute atomic E-state index is 0.0169. The first kappa shape index (κ1) is 24.9. The molecule has 1 aliphatic heterocycles. The zero-order valence-electron chi connectivity index (χ0n) is 18.8. The maximum atomic E-state index is 14.1. The zero-order chi connectivity index (χ0) is 26.1. The largest absolute Gasteiger partial charge is 0.368 e. The quantitative estimate of drug-likeness (QED) is 0.170. The van der Waals surface area contributed by atoms with Crippen LogP contribution in [0.15, 0.2) is 42.5 Å². The molecule has 0 bridgehead atoms. The molecular formula is C24H19F5N4O3. The van der Waals surface area contributed by atoms with Crippen LogP contribution in [0.25, 0.3) is 0 Å². The van der Waals surface area contributed by atoms with Crippen molar-refractivity contribution in [2.45, 2.75) is 6.92 Å². The summed E-state index contributed by atoms with van der Waals surface area (Å²) < 4.78 is 68.6. The summed E-state index contributed by atoms with van der Waals surface area (Å²) in [5.74, 6) is -10.4. The Morgan fingerprint density at radius 3 is 1.92 bits per heavy atom. The van der Waals surface area contributed by atoms with Crippen molar-refractivity contribution in [3.63, 3.8) is 0 Å². The lowest BCUT2D eigenvalue weighted by Gasteiger charge is -2.37. The Kier molecular flexibility index (Phi) is 6.77. The number of benzene rings is 3. The molecular weight excluding hydrogens is 487 g/mol. The van der Waals surface area contributed by atoms with Gasteiger partial charge in [0.15, 0.2) is 23.3 Å². The SMILES string of the molecule is Cc1ccc(C(=O)Nc2ccc(N3CCN(c4c(F)c(F)c(F)c(F)c4F)CC3)cc2)cc1[N+](=O)[O-]. The smallest absolute Gasteiger partial charge is 0.273 e. The monoisotopic (exact) mass is 506 g/mol. The number of piperazine rings is 1. The van der Waals surface area contributed by atoms with Gasteiger partial charge >= 0.3 is 0 Å². The van der Waals surface area contributed by atoms with Gasteiger partial charge in [-0.15, -0.1) is 0 Å². The van der Waals surface area contributed by atoms with E-state index >= 15 is 0 Å². The first-order chi connectivity index (χ1) is 17.1. The molecule has 36 heavy (non-hydrogen) atoms. The lowest BCUT2D eigenvalue weighted by molar-refractivity contribution is -0.385. The molecule has 0 spiro atoms. The Labute approximate surface area is 201 Å². The Bertz CT molecular complexity index is 1310. The van der Waals surface area contributed by atoms with Crippen LogP contribution in [-0.2, 0) is 0 Å². The average Bonchev–Trinajstić information content (AvgIpc) is 2.87. The minimum atomic E-state index is -2.19. The van der Waals surface area contributed by atoms with Crippen LogP contribution in [0, 0.1) is 46.1 Å². The summed E-state index contributed by atoms with van der Waals surface area (Å²) in [5.41, 5.74) is 0.605. The number of carbonyl (C=O) groups is 1. The van der Waals surface area contributed by atoms with Crippen molar-refractivity contribution in [2.24, 2.45) is 0 Å². The molecule has 1 fully saturated rings. The van der Waals surface area contributed by atoms with Gasteiger partial charge in [0, 0.05) is 54.7 Å². The van der Waals surface area contributed by atoms with Gasteiger partial charge in [0.25, 0.3) is 11.6 Å². The topological polar surface area (TPSA) is 78.7 Å². The van der Waals surface area contributed by atoms with Gasteiger partial charge < -0.3 is 15.1 Å². The number of hydrogen-bond acceptors (Lipinski definition) is 5. The molecule has 0 unspecified atom stereocenters. The molecule has 0 atom stereocenters. The van der Waals surface area contributed by atoms with Gasteiger partial charge in [0.05, 0.1) is 4.92 Å². The fourth-order valence-corrected chi connectivity index (χ4v) is 3.97. The molecule has 3 aromatic carbocycles. The van der Waals surface area contributed by atoms with Crippen LogP contribution in [0.5, 0.6) is 0 Å². The number of rotatable bonds is 5. The second kappa shape index (κ2) is 9.80. The van der Waals surface area contributed by atoms with Crippen LogP contribution in [-0.4, -0.2) is 37.0 Å². The third-order valence-corrected chi connectivity index (χ3v) is 5.94. The number of hydrogen-bond donors (Lipinski definition) is 1. The number of amides is 1. The second-order valence-electron chi connectivity index (χ2n) is 8.15. The molecule has 7 nitrogen and oxygen atoms in total. The van der Waals surface area contributed by atoms with Gasteiger partial charge in [-0.3, -0.25) is 14.9 Å². The standard InChI is InChI=1S/C24H19F5N4O3/c1-13-2-3-14(12-17(13)33(35)36)24(34)30-15-4-6-16(7-5-15)31-8-10-32(11-9-31)23-21(28)19(26)18(25)20(27)22(23)29/h2-7,12H,8-11H2,1H3,(H,30,34). The van der Waals surface area contributed by atoms with E-state index in [0.717, 1.165) is 10.6 Å². The first-order valence-corrected chi connectivity index (χ1v) is 10.8. The normalized spacial score (nSPS) is 13.6. The number of nitrogens with one attached hydrogen (secondary N) is 1. The van der Waals surface area contributed by atoms with Crippen LogP contribution >= 0.6 is 0 Å². The summed E-state index contributed by atoms with van der Waals surface area (Å²) in [4.78, 5) is 26.0. The van der Waals surface area contributed by atoms with Crippen LogP contribution in [0.2, 0.25) is 0 Å². The molecule has 4 rings (SSSR count). The van der Waals surface area contributed by atoms with Crippen LogP contribution in [0.3, 0.4) is 0 Å². The minimum Gasteiger partial charge on any atom is -0.368 e. The molecule has 188 valence electrons. The number of nitro benzene ring substituents is 1. The highest BCUT2D eigenvalue weighted by Gasteiger charge is 2.30. The van der Waals surface area contributed by atoms with E-state index in [4.69, 9.17) is 0 Å². The molecule has 0 saturated carbocycles. The van der Waals surface area contributed by atoms with Crippen molar-refractivity contribution in [1.82, 2.24) is 0 Å². The maximum Gasteiger partial charge on any atom is 0.273 e. The van der Waals surface area contributed by atoms with Crippen molar-refractivity contribution in [3.05, 3.63) is 92.8 Å². The number of nitrogens with zero attached hydrogens (tertiary/aromatic N) is 3. The Hall–Kier alpha value is -4.22. The van der Waals surface area contributed by atoms with Gasteiger partial charge in [-0.25, -0.2) is 22.0 Å². The second-order valence-corrected chi connectivity index (χ2v) is 8.15. The third-order valence-electron chi connectivity index (χ3n) is 5.94. The van der Waals surface area contributed by atoms with E-state index in [0.29, 0.717) is 11.3 Å². The molecule has 1 saturated heterocycles. The molecule has 12 heteroatoms. The highest BCUT2D eigenvalue weighted by molar-refractivity contribution is 6.04. The summed E-state index contributed by atoms with van der Waals surface area (Å²) in [6.07, 6.45) is 0. The summed E-state index contributed by atoms with van der Waals surface area (Å²) >= 11 is 0. The molecule has 3 aromatic rings. The molecule has 0 aromatic heterocycles. The van der Waals surface area contributed by atoms with E-state index in [1.807, 2.05) is 4.90 Å². The molecule has 1 heterocycles. The third kappa shape index (κ3) is 4.66. The Morgan fingerprint density at radius 1 is 0.833 bits per heavy atom. The lowest BCUT2D eigenvalue weighted by atomic mass is 10.1. The van der Waals surface area contributed by atoms with E-state index in [2.05, 4.69) is 5.32 Å². The summed E-state index contributed by atoms with van der Waals surface area (Å²) in [7, 11) is 0. The Balaban J connectivity index is 1.41. The molecule has 0 aliphatic carbocycles. The van der Waals surface area contributed by atoms with Crippen LogP contribution < -0.4 is 15.1 Å². The van der Waals surface area contributed by atoms with Crippen molar-refractivity contribution in [3.8, 4) is 0 Å². The van der Waals surface area contributed by atoms with Crippen LogP contribution in [0.4, 0.5) is 44.7 Å². The highest BCUT2D eigenvalue weighted by Crippen LogP contribution is 2.31. The van der Waals surface area contributed by atoms with Gasteiger partial charge in [-0.1, -0.05) is 6.07 Å². The van der Waals surface area contributed by atoms with Gasteiger partial charge in [-0.05, 0) is 37.3 Å². The number of nitro groups is 1. The molecule has 0 radical (unpaired) electrons. The van der Waals surface area contributed by atoms with Crippen molar-refractivity contribution in [2.75, 3.05) is 41.3 Å². The lowest BCUT2D eigenvalue weighted by Crippen LogP contribution is -2.47. The fourth-order valence-electron chi connectivity index (χ4n) is 3.97. The van der Waals surface area contributed by atoms with Crippen molar-refractivity contribution >= 4 is 28.7 Å². The number of halogens is 5. The first-order valence-electron chi connectivity index (χ1n) is 10.8. The van der Waals surface area contributed by atoms with Crippen molar-refractivity contribution in [1.29, 1.82) is 0 Å². The van der Waals surface area contributed by atoms with E-state index in [9.17, 15) is 36.9 Å². The van der Waals surface area contributed by atoms with E-state index in [1.165, 1.54) is 18.2 Å². The van der Waals surface area contributed by atoms with Gasteiger partial charge in [0.1, 0.15) is 5.69 Å². The number of anilines is 3. The van der Waals surface area contributed by atoms with E-state index < -0.39 is 45.6 Å². The number of aryl methyl sites for hydroxylation is 1. The predicted molar refractivity (Wildman–Crippen MR) is 123 cm³/mol. The summed E-state index contributed by atoms with van der Waals surface area (Å²) in [6, 6.07) is 10.8. The Morgan fingerprint density at radius 2 is 1.36 bits per heavy atom. The zero-order valence-corrected chi connectivity index (χ0v) is 18.8. The fraction of sp³-hybridized carbons (Fsp3) is 0.208.